The van der Waals surface area contributed by atoms with E-state index < -0.39 is 5.97 Å². The zero-order valence-electron chi connectivity index (χ0n) is 7.59. The average Bonchev–Trinajstić information content (AvgIpc) is 2.70. The topological polar surface area (TPSA) is 55.1 Å². The Morgan fingerprint density at radius 1 is 1.47 bits per heavy atom. The van der Waals surface area contributed by atoms with E-state index in [1.165, 1.54) is 10.7 Å². The van der Waals surface area contributed by atoms with Crippen molar-refractivity contribution in [2.75, 3.05) is 0 Å². The highest BCUT2D eigenvalue weighted by atomic mass is 35.5. The van der Waals surface area contributed by atoms with Crippen LogP contribution in [-0.4, -0.2) is 20.9 Å². The molecule has 4 nitrogen and oxygen atoms in total. The van der Waals surface area contributed by atoms with Crippen LogP contribution in [0.4, 0.5) is 0 Å². The molecule has 0 bridgehead atoms. The highest BCUT2D eigenvalue weighted by Crippen LogP contribution is 2.19. The molecule has 0 amide bonds. The number of halogens is 1. The lowest BCUT2D eigenvalue weighted by molar-refractivity contribution is 0.0696. The summed E-state index contributed by atoms with van der Waals surface area (Å²) in [4.78, 5) is 11.0. The Hall–Kier alpha value is -1.81. The fourth-order valence-electron chi connectivity index (χ4n) is 1.29. The first-order valence-electron chi connectivity index (χ1n) is 4.21. The maximum Gasteiger partial charge on any atom is 0.337 e. The summed E-state index contributed by atoms with van der Waals surface area (Å²) in [5.41, 5.74) is 0.628. The van der Waals surface area contributed by atoms with Crippen molar-refractivity contribution < 1.29 is 9.90 Å². The Bertz CT molecular complexity index is 494. The van der Waals surface area contributed by atoms with Gasteiger partial charge in [0, 0.05) is 17.4 Å². The van der Waals surface area contributed by atoms with E-state index in [0.717, 1.165) is 0 Å². The fraction of sp³-hybridized carbons (Fsp3) is 0. The highest BCUT2D eigenvalue weighted by molar-refractivity contribution is 6.31. The summed E-state index contributed by atoms with van der Waals surface area (Å²) in [5.74, 6) is -1.02. The lowest BCUT2D eigenvalue weighted by Crippen LogP contribution is -2.05. The minimum Gasteiger partial charge on any atom is -0.478 e. The second-order valence-electron chi connectivity index (χ2n) is 2.92. The predicted octanol–water partition coefficient (Wildman–Crippen LogP) is 2.22. The summed E-state index contributed by atoms with van der Waals surface area (Å²) in [6, 6.07) is 6.38. The van der Waals surface area contributed by atoms with Gasteiger partial charge in [-0.2, -0.15) is 5.10 Å². The second-order valence-corrected chi connectivity index (χ2v) is 3.35. The quantitative estimate of drug-likeness (QED) is 0.848. The summed E-state index contributed by atoms with van der Waals surface area (Å²) >= 11 is 5.73. The molecular weight excluding hydrogens is 216 g/mol. The molecular formula is C10H7ClN2O2. The summed E-state index contributed by atoms with van der Waals surface area (Å²) < 4.78 is 1.49. The molecule has 1 aromatic carbocycles. The number of hydrogen-bond donors (Lipinski definition) is 1. The molecule has 0 saturated carbocycles. The van der Waals surface area contributed by atoms with Gasteiger partial charge in [-0.1, -0.05) is 11.6 Å². The molecule has 0 aliphatic carbocycles. The first-order valence-corrected chi connectivity index (χ1v) is 4.59. The summed E-state index contributed by atoms with van der Waals surface area (Å²) in [6.07, 6.45) is 3.26. The Kier molecular flexibility index (Phi) is 2.43. The van der Waals surface area contributed by atoms with Gasteiger partial charge in [0.05, 0.1) is 11.3 Å². The fourth-order valence-corrected chi connectivity index (χ4v) is 1.46. The molecule has 2 rings (SSSR count). The van der Waals surface area contributed by atoms with Crippen LogP contribution in [0.25, 0.3) is 5.69 Å². The Morgan fingerprint density at radius 3 is 2.87 bits per heavy atom. The van der Waals surface area contributed by atoms with Gasteiger partial charge in [-0.05, 0) is 24.3 Å². The van der Waals surface area contributed by atoms with Gasteiger partial charge in [-0.25, -0.2) is 9.48 Å². The van der Waals surface area contributed by atoms with Crippen LogP contribution in [0.5, 0.6) is 0 Å². The minimum atomic E-state index is -1.02. The molecule has 5 heteroatoms. The van der Waals surface area contributed by atoms with Crippen molar-refractivity contribution in [3.63, 3.8) is 0 Å². The molecule has 0 atom stereocenters. The summed E-state index contributed by atoms with van der Waals surface area (Å²) in [6.45, 7) is 0. The Labute approximate surface area is 90.7 Å². The molecule has 2 aromatic rings. The molecule has 0 saturated heterocycles. The van der Waals surface area contributed by atoms with Crippen molar-refractivity contribution in [2.45, 2.75) is 0 Å². The van der Waals surface area contributed by atoms with Crippen LogP contribution in [0.1, 0.15) is 10.4 Å². The van der Waals surface area contributed by atoms with Gasteiger partial charge in [-0.15, -0.1) is 0 Å². The zero-order chi connectivity index (χ0) is 10.8. The Balaban J connectivity index is 2.61. The average molecular weight is 223 g/mol. The number of aromatic carboxylic acids is 1. The van der Waals surface area contributed by atoms with Gasteiger partial charge in [0.2, 0.25) is 0 Å². The number of carboxylic acids is 1. The number of nitrogens with zero attached hydrogens (tertiary/aromatic N) is 2. The SMILES string of the molecule is O=C(O)c1cc(Cl)ccc1-n1cccn1. The van der Waals surface area contributed by atoms with Crippen LogP contribution in [0.15, 0.2) is 36.7 Å². The van der Waals surface area contributed by atoms with Crippen LogP contribution >= 0.6 is 11.6 Å². The molecule has 0 aliphatic heterocycles. The van der Waals surface area contributed by atoms with Gasteiger partial charge < -0.3 is 5.11 Å². The van der Waals surface area contributed by atoms with Crippen LogP contribution in [-0.2, 0) is 0 Å². The van der Waals surface area contributed by atoms with E-state index >= 15 is 0 Å². The first-order chi connectivity index (χ1) is 7.18. The van der Waals surface area contributed by atoms with E-state index in [9.17, 15) is 4.79 Å². The highest BCUT2D eigenvalue weighted by Gasteiger charge is 2.12. The van der Waals surface area contributed by atoms with Crippen LogP contribution < -0.4 is 0 Å². The number of hydrogen-bond acceptors (Lipinski definition) is 2. The smallest absolute Gasteiger partial charge is 0.337 e. The zero-order valence-corrected chi connectivity index (χ0v) is 8.35. The van der Waals surface area contributed by atoms with E-state index in [1.54, 1.807) is 30.6 Å². The van der Waals surface area contributed by atoms with Crippen LogP contribution in [0.3, 0.4) is 0 Å². The van der Waals surface area contributed by atoms with Crippen LogP contribution in [0, 0.1) is 0 Å². The molecule has 0 aliphatic rings. The van der Waals surface area contributed by atoms with Crippen molar-refractivity contribution in [1.29, 1.82) is 0 Å². The number of rotatable bonds is 2. The molecule has 76 valence electrons. The van der Waals surface area contributed by atoms with Crippen molar-refractivity contribution in [1.82, 2.24) is 9.78 Å². The Morgan fingerprint density at radius 2 is 2.27 bits per heavy atom. The molecule has 15 heavy (non-hydrogen) atoms. The summed E-state index contributed by atoms with van der Waals surface area (Å²) in [5, 5.41) is 13.4. The number of carbonyl (C=O) groups is 1. The number of benzene rings is 1. The molecule has 1 N–H and O–H groups in total. The van der Waals surface area contributed by atoms with Gasteiger partial charge in [-0.3, -0.25) is 0 Å². The minimum absolute atomic E-state index is 0.131. The molecule has 1 aromatic heterocycles. The third-order valence-electron chi connectivity index (χ3n) is 1.94. The first kappa shape index (κ1) is 9.73. The maximum absolute atomic E-state index is 11.0. The monoisotopic (exact) mass is 222 g/mol. The largest absolute Gasteiger partial charge is 0.478 e. The van der Waals surface area contributed by atoms with Crippen molar-refractivity contribution in [3.8, 4) is 5.69 Å². The standard InChI is InChI=1S/C10H7ClN2O2/c11-7-2-3-9(8(6-7)10(14)15)13-5-1-4-12-13/h1-6H,(H,14,15). The van der Waals surface area contributed by atoms with Crippen molar-refractivity contribution >= 4 is 17.6 Å². The van der Waals surface area contributed by atoms with Crippen LogP contribution in [0.2, 0.25) is 5.02 Å². The lowest BCUT2D eigenvalue weighted by atomic mass is 10.2. The molecule has 0 radical (unpaired) electrons. The van der Waals surface area contributed by atoms with Gasteiger partial charge in [0.1, 0.15) is 0 Å². The second kappa shape index (κ2) is 3.74. The third kappa shape index (κ3) is 1.85. The molecule has 0 fully saturated rings. The van der Waals surface area contributed by atoms with E-state index in [0.29, 0.717) is 10.7 Å². The van der Waals surface area contributed by atoms with Gasteiger partial charge in [0.25, 0.3) is 0 Å². The van der Waals surface area contributed by atoms with E-state index in [4.69, 9.17) is 16.7 Å². The molecule has 1 heterocycles. The van der Waals surface area contributed by atoms with Gasteiger partial charge in [0.15, 0.2) is 0 Å². The molecule has 0 spiro atoms. The number of carboxylic acid groups (broad SMARTS) is 1. The maximum atomic E-state index is 11.0. The summed E-state index contributed by atoms with van der Waals surface area (Å²) in [7, 11) is 0. The number of aromatic nitrogens is 2. The van der Waals surface area contributed by atoms with Crippen molar-refractivity contribution in [3.05, 3.63) is 47.2 Å². The lowest BCUT2D eigenvalue weighted by Gasteiger charge is -2.05. The van der Waals surface area contributed by atoms with Gasteiger partial charge >= 0.3 is 5.97 Å². The van der Waals surface area contributed by atoms with E-state index in [-0.39, 0.29) is 5.56 Å². The molecule has 0 unspecified atom stereocenters. The van der Waals surface area contributed by atoms with Crippen molar-refractivity contribution in [2.24, 2.45) is 0 Å². The normalized spacial score (nSPS) is 10.2. The predicted molar refractivity (Wildman–Crippen MR) is 55.5 cm³/mol. The van der Waals surface area contributed by atoms with E-state index in [2.05, 4.69) is 5.10 Å². The van der Waals surface area contributed by atoms with E-state index in [1.807, 2.05) is 0 Å². The third-order valence-corrected chi connectivity index (χ3v) is 2.18.